The van der Waals surface area contributed by atoms with E-state index in [4.69, 9.17) is 14.2 Å². The fourth-order valence-corrected chi connectivity index (χ4v) is 3.03. The first-order valence-corrected chi connectivity index (χ1v) is 7.08. The highest BCUT2D eigenvalue weighted by molar-refractivity contribution is 9.10. The topological polar surface area (TPSA) is 44.8 Å². The summed E-state index contributed by atoms with van der Waals surface area (Å²) in [6.45, 7) is 2.33. The first-order chi connectivity index (χ1) is 9.20. The molecule has 19 heavy (non-hydrogen) atoms. The van der Waals surface area contributed by atoms with Crippen LogP contribution in [0.15, 0.2) is 22.7 Å². The minimum atomic E-state index is -0.373. The predicted molar refractivity (Wildman–Crippen MR) is 72.3 cm³/mol. The Kier molecular flexibility index (Phi) is 3.50. The van der Waals surface area contributed by atoms with Gasteiger partial charge in [-0.3, -0.25) is 0 Å². The average Bonchev–Trinajstić information content (AvgIpc) is 2.84. The van der Waals surface area contributed by atoms with Crippen LogP contribution >= 0.6 is 15.9 Å². The number of carbonyl (C=O) groups excluding carboxylic acids is 1. The van der Waals surface area contributed by atoms with Crippen molar-refractivity contribution in [2.24, 2.45) is 17.8 Å². The van der Waals surface area contributed by atoms with E-state index in [0.29, 0.717) is 35.7 Å². The van der Waals surface area contributed by atoms with E-state index in [1.807, 2.05) is 0 Å². The zero-order valence-corrected chi connectivity index (χ0v) is 12.2. The lowest BCUT2D eigenvalue weighted by Gasteiger charge is -2.11. The number of ether oxygens (including phenoxy) is 3. The molecule has 2 aliphatic rings. The van der Waals surface area contributed by atoms with Gasteiger partial charge in [-0.1, -0.05) is 15.9 Å². The fourth-order valence-electron chi connectivity index (χ4n) is 2.69. The fraction of sp³-hybridized carbons (Fsp3) is 0.500. The molecule has 0 aromatic heterocycles. The summed E-state index contributed by atoms with van der Waals surface area (Å²) in [5.74, 6) is 2.06. The second-order valence-corrected chi connectivity index (χ2v) is 5.89. The smallest absolute Gasteiger partial charge is 0.341 e. The predicted octanol–water partition coefficient (Wildman–Crippen LogP) is 2.51. The molecule has 2 unspecified atom stereocenters. The van der Waals surface area contributed by atoms with Gasteiger partial charge in [0.15, 0.2) is 0 Å². The van der Waals surface area contributed by atoms with E-state index in [0.717, 1.165) is 17.7 Å². The van der Waals surface area contributed by atoms with E-state index in [-0.39, 0.29) is 5.97 Å². The van der Waals surface area contributed by atoms with Crippen molar-refractivity contribution < 1.29 is 19.0 Å². The quantitative estimate of drug-likeness (QED) is 0.797. The Morgan fingerprint density at radius 2 is 2.16 bits per heavy atom. The molecule has 0 spiro atoms. The highest BCUT2D eigenvalue weighted by atomic mass is 79.9. The maximum atomic E-state index is 11.7. The molecular formula is C14H15BrO4. The zero-order valence-electron chi connectivity index (χ0n) is 10.6. The van der Waals surface area contributed by atoms with Crippen LogP contribution < -0.4 is 4.74 Å². The molecule has 0 radical (unpaired) electrons. The van der Waals surface area contributed by atoms with Crippen LogP contribution in [0.3, 0.4) is 0 Å². The van der Waals surface area contributed by atoms with Gasteiger partial charge in [0, 0.05) is 10.4 Å². The minimum Gasteiger partial charge on any atom is -0.492 e. The molecule has 1 aliphatic heterocycles. The Balaban J connectivity index is 1.69. The third-order valence-electron chi connectivity index (χ3n) is 3.91. The van der Waals surface area contributed by atoms with E-state index in [1.165, 1.54) is 7.11 Å². The van der Waals surface area contributed by atoms with Crippen molar-refractivity contribution in [1.29, 1.82) is 0 Å². The van der Waals surface area contributed by atoms with Gasteiger partial charge in [0.25, 0.3) is 0 Å². The van der Waals surface area contributed by atoms with Crippen LogP contribution in [0.1, 0.15) is 10.4 Å². The first kappa shape index (κ1) is 12.9. The average molecular weight is 327 g/mol. The summed E-state index contributed by atoms with van der Waals surface area (Å²) < 4.78 is 16.8. The van der Waals surface area contributed by atoms with Crippen LogP contribution in [0.5, 0.6) is 5.75 Å². The van der Waals surface area contributed by atoms with Gasteiger partial charge in [-0.2, -0.15) is 0 Å². The molecule has 2 atom stereocenters. The third-order valence-corrected chi connectivity index (χ3v) is 4.40. The van der Waals surface area contributed by atoms with Crippen LogP contribution in [0.2, 0.25) is 0 Å². The van der Waals surface area contributed by atoms with Gasteiger partial charge in [-0.05, 0) is 30.0 Å². The van der Waals surface area contributed by atoms with Gasteiger partial charge in [-0.15, -0.1) is 0 Å². The maximum Gasteiger partial charge on any atom is 0.341 e. The van der Waals surface area contributed by atoms with E-state index >= 15 is 0 Å². The lowest BCUT2D eigenvalue weighted by Crippen LogP contribution is -2.11. The molecule has 1 aliphatic carbocycles. The number of methoxy groups -OCH3 is 1. The molecule has 0 N–H and O–H groups in total. The molecule has 1 aromatic carbocycles. The normalized spacial score (nSPS) is 27.8. The third kappa shape index (κ3) is 2.49. The summed E-state index contributed by atoms with van der Waals surface area (Å²) in [4.78, 5) is 11.7. The largest absolute Gasteiger partial charge is 0.492 e. The van der Waals surface area contributed by atoms with Crippen molar-refractivity contribution in [3.8, 4) is 5.75 Å². The molecule has 5 heteroatoms. The Bertz CT molecular complexity index is 492. The van der Waals surface area contributed by atoms with E-state index in [9.17, 15) is 4.79 Å². The highest BCUT2D eigenvalue weighted by Crippen LogP contribution is 2.50. The van der Waals surface area contributed by atoms with Gasteiger partial charge in [-0.25, -0.2) is 4.79 Å². The van der Waals surface area contributed by atoms with Crippen molar-refractivity contribution in [2.45, 2.75) is 0 Å². The maximum absolute atomic E-state index is 11.7. The Labute approximate surface area is 120 Å². The van der Waals surface area contributed by atoms with E-state index in [1.54, 1.807) is 18.2 Å². The molecule has 1 saturated carbocycles. The summed E-state index contributed by atoms with van der Waals surface area (Å²) >= 11 is 3.39. The molecule has 2 fully saturated rings. The number of rotatable bonds is 4. The van der Waals surface area contributed by atoms with Crippen LogP contribution in [0.25, 0.3) is 0 Å². The lowest BCUT2D eigenvalue weighted by molar-refractivity contribution is 0.0595. The molecule has 102 valence electrons. The molecule has 1 heterocycles. The van der Waals surface area contributed by atoms with Crippen LogP contribution in [0, 0.1) is 17.8 Å². The van der Waals surface area contributed by atoms with Crippen molar-refractivity contribution in [2.75, 3.05) is 26.9 Å². The second-order valence-electron chi connectivity index (χ2n) is 4.97. The number of halogens is 1. The number of fused-ring (bicyclic) bond motifs is 1. The van der Waals surface area contributed by atoms with Crippen molar-refractivity contribution in [3.05, 3.63) is 28.2 Å². The van der Waals surface area contributed by atoms with Gasteiger partial charge in [0.05, 0.1) is 26.9 Å². The number of hydrogen-bond acceptors (Lipinski definition) is 4. The van der Waals surface area contributed by atoms with E-state index < -0.39 is 0 Å². The summed E-state index contributed by atoms with van der Waals surface area (Å²) in [7, 11) is 1.37. The summed E-state index contributed by atoms with van der Waals surface area (Å²) in [6.07, 6.45) is 0. The zero-order chi connectivity index (χ0) is 13.4. The van der Waals surface area contributed by atoms with Crippen LogP contribution in [-0.4, -0.2) is 32.9 Å². The molecule has 0 amide bonds. The number of hydrogen-bond donors (Lipinski definition) is 0. The van der Waals surface area contributed by atoms with E-state index in [2.05, 4.69) is 15.9 Å². The van der Waals surface area contributed by atoms with Gasteiger partial charge >= 0.3 is 5.97 Å². The molecule has 4 nitrogen and oxygen atoms in total. The van der Waals surface area contributed by atoms with Gasteiger partial charge < -0.3 is 14.2 Å². The van der Waals surface area contributed by atoms with Crippen molar-refractivity contribution in [1.82, 2.24) is 0 Å². The first-order valence-electron chi connectivity index (χ1n) is 6.29. The summed E-state index contributed by atoms with van der Waals surface area (Å²) in [5, 5.41) is 0. The van der Waals surface area contributed by atoms with Crippen molar-refractivity contribution in [3.63, 3.8) is 0 Å². The Morgan fingerprint density at radius 3 is 2.84 bits per heavy atom. The molecule has 0 bridgehead atoms. The summed E-state index contributed by atoms with van der Waals surface area (Å²) in [5.41, 5.74) is 0.466. The molecular weight excluding hydrogens is 312 g/mol. The minimum absolute atomic E-state index is 0.373. The highest BCUT2D eigenvalue weighted by Gasteiger charge is 2.54. The monoisotopic (exact) mass is 326 g/mol. The SMILES string of the molecule is COC(=O)c1ccc(Br)cc1OCC1C2COCC21. The second kappa shape index (κ2) is 5.13. The molecule has 3 rings (SSSR count). The van der Waals surface area contributed by atoms with Gasteiger partial charge in [0.1, 0.15) is 11.3 Å². The number of esters is 1. The molecule has 1 saturated heterocycles. The summed E-state index contributed by atoms with van der Waals surface area (Å²) in [6, 6.07) is 5.32. The Morgan fingerprint density at radius 1 is 1.42 bits per heavy atom. The number of carbonyl (C=O) groups is 1. The van der Waals surface area contributed by atoms with Crippen molar-refractivity contribution >= 4 is 21.9 Å². The molecule has 1 aromatic rings. The van der Waals surface area contributed by atoms with Gasteiger partial charge in [0.2, 0.25) is 0 Å². The van der Waals surface area contributed by atoms with Crippen LogP contribution in [0.4, 0.5) is 0 Å². The standard InChI is InChI=1S/C14H15BrO4/c1-17-14(16)9-3-2-8(15)4-13(9)19-7-12-10-5-18-6-11(10)12/h2-4,10-12H,5-7H2,1H3. The lowest BCUT2D eigenvalue weighted by atomic mass is 10.2. The Hall–Kier alpha value is -1.07. The number of benzene rings is 1. The van der Waals surface area contributed by atoms with Crippen LogP contribution in [-0.2, 0) is 9.47 Å².